The molecule has 19 heavy (non-hydrogen) atoms. The van der Waals surface area contributed by atoms with Gasteiger partial charge in [0.2, 0.25) is 0 Å². The van der Waals surface area contributed by atoms with Crippen LogP contribution in [0.15, 0.2) is 61.1 Å². The molecule has 0 aliphatic rings. The Bertz CT molecular complexity index is 677. The fourth-order valence-electron chi connectivity index (χ4n) is 1.92. The zero-order chi connectivity index (χ0) is 13.1. The van der Waals surface area contributed by atoms with E-state index in [9.17, 15) is 4.39 Å². The van der Waals surface area contributed by atoms with Crippen molar-refractivity contribution in [3.63, 3.8) is 0 Å². The van der Waals surface area contributed by atoms with E-state index >= 15 is 0 Å². The number of benzene rings is 1. The molecule has 0 radical (unpaired) electrons. The van der Waals surface area contributed by atoms with Crippen molar-refractivity contribution in [1.82, 2.24) is 14.8 Å². The summed E-state index contributed by atoms with van der Waals surface area (Å²) in [5.74, 6) is -0.211. The molecule has 0 fully saturated rings. The largest absolute Gasteiger partial charge is 0.268 e. The van der Waals surface area contributed by atoms with Gasteiger partial charge in [0.25, 0.3) is 0 Å². The van der Waals surface area contributed by atoms with Crippen LogP contribution in [0, 0.1) is 5.82 Å². The molecule has 0 saturated carbocycles. The lowest BCUT2D eigenvalue weighted by molar-refractivity contribution is 0.585. The number of hydrogen-bond donors (Lipinski definition) is 0. The maximum atomic E-state index is 13.6. The summed E-state index contributed by atoms with van der Waals surface area (Å²) in [6, 6.07) is 12.4. The Labute approximate surface area is 110 Å². The monoisotopic (exact) mass is 253 g/mol. The predicted molar refractivity (Wildman–Crippen MR) is 71.0 cm³/mol. The Hall–Kier alpha value is -2.49. The molecule has 0 bridgehead atoms. The van der Waals surface area contributed by atoms with Crippen LogP contribution in [0.2, 0.25) is 0 Å². The van der Waals surface area contributed by atoms with Gasteiger partial charge in [0.15, 0.2) is 0 Å². The van der Waals surface area contributed by atoms with Crippen molar-refractivity contribution in [1.29, 1.82) is 0 Å². The molecule has 0 amide bonds. The molecule has 0 N–H and O–H groups in total. The second kappa shape index (κ2) is 5.02. The number of aromatic nitrogens is 3. The van der Waals surface area contributed by atoms with Crippen LogP contribution in [0.3, 0.4) is 0 Å². The summed E-state index contributed by atoms with van der Waals surface area (Å²) in [5.41, 5.74) is 2.41. The third kappa shape index (κ3) is 2.52. The first-order chi connectivity index (χ1) is 9.33. The number of rotatable bonds is 3. The highest BCUT2D eigenvalue weighted by Crippen LogP contribution is 2.16. The molecule has 0 spiro atoms. The van der Waals surface area contributed by atoms with Gasteiger partial charge < -0.3 is 0 Å². The van der Waals surface area contributed by atoms with E-state index in [-0.39, 0.29) is 5.82 Å². The molecule has 94 valence electrons. The number of hydrogen-bond acceptors (Lipinski definition) is 2. The number of pyridine rings is 1. The van der Waals surface area contributed by atoms with E-state index in [1.807, 2.05) is 30.5 Å². The maximum Gasteiger partial charge on any atom is 0.128 e. The highest BCUT2D eigenvalue weighted by atomic mass is 19.1. The molecule has 0 unspecified atom stereocenters. The van der Waals surface area contributed by atoms with Gasteiger partial charge >= 0.3 is 0 Å². The third-order valence-electron chi connectivity index (χ3n) is 2.88. The number of nitrogens with zero attached hydrogens (tertiary/aromatic N) is 3. The second-order valence-electron chi connectivity index (χ2n) is 4.23. The average Bonchev–Trinajstić information content (AvgIpc) is 2.91. The SMILES string of the molecule is Fc1ccccc1Cn1cc(-c2ccccn2)cn1. The summed E-state index contributed by atoms with van der Waals surface area (Å²) < 4.78 is 15.3. The minimum absolute atomic E-state index is 0.211. The fraction of sp³-hybridized carbons (Fsp3) is 0.0667. The summed E-state index contributed by atoms with van der Waals surface area (Å²) in [4.78, 5) is 4.26. The summed E-state index contributed by atoms with van der Waals surface area (Å²) in [7, 11) is 0. The minimum atomic E-state index is -0.211. The van der Waals surface area contributed by atoms with Crippen molar-refractivity contribution in [2.45, 2.75) is 6.54 Å². The van der Waals surface area contributed by atoms with Gasteiger partial charge in [0.05, 0.1) is 18.4 Å². The zero-order valence-corrected chi connectivity index (χ0v) is 10.2. The average molecular weight is 253 g/mol. The van der Waals surface area contributed by atoms with E-state index in [1.165, 1.54) is 6.07 Å². The van der Waals surface area contributed by atoms with Gasteiger partial charge in [-0.3, -0.25) is 9.67 Å². The number of halogens is 1. The Balaban J connectivity index is 1.85. The zero-order valence-electron chi connectivity index (χ0n) is 10.2. The van der Waals surface area contributed by atoms with Crippen LogP contribution in [0.5, 0.6) is 0 Å². The Morgan fingerprint density at radius 1 is 1.05 bits per heavy atom. The molecular formula is C15H12FN3. The van der Waals surface area contributed by atoms with Crippen LogP contribution in [-0.4, -0.2) is 14.8 Å². The summed E-state index contributed by atoms with van der Waals surface area (Å²) in [6.45, 7) is 0.416. The predicted octanol–water partition coefficient (Wildman–Crippen LogP) is 3.13. The van der Waals surface area contributed by atoms with Crippen LogP contribution in [0.25, 0.3) is 11.3 Å². The van der Waals surface area contributed by atoms with Crippen LogP contribution >= 0.6 is 0 Å². The standard InChI is InChI=1S/C15H12FN3/c16-14-6-2-1-5-12(14)10-19-11-13(9-18-19)15-7-3-4-8-17-15/h1-9,11H,10H2. The van der Waals surface area contributed by atoms with E-state index in [4.69, 9.17) is 0 Å². The topological polar surface area (TPSA) is 30.7 Å². The molecule has 3 nitrogen and oxygen atoms in total. The first kappa shape index (κ1) is 11.6. The molecular weight excluding hydrogens is 241 g/mol. The molecule has 0 aliphatic heterocycles. The summed E-state index contributed by atoms with van der Waals surface area (Å²) in [6.07, 6.45) is 5.35. The van der Waals surface area contributed by atoms with Crippen molar-refractivity contribution >= 4 is 0 Å². The van der Waals surface area contributed by atoms with Crippen molar-refractivity contribution in [2.75, 3.05) is 0 Å². The fourth-order valence-corrected chi connectivity index (χ4v) is 1.92. The van der Waals surface area contributed by atoms with Gasteiger partial charge in [-0.05, 0) is 18.2 Å². The van der Waals surface area contributed by atoms with Gasteiger partial charge in [0, 0.05) is 23.5 Å². The minimum Gasteiger partial charge on any atom is -0.268 e. The molecule has 3 rings (SSSR count). The van der Waals surface area contributed by atoms with Gasteiger partial charge in [-0.1, -0.05) is 24.3 Å². The smallest absolute Gasteiger partial charge is 0.128 e. The Kier molecular flexibility index (Phi) is 3.06. The van der Waals surface area contributed by atoms with Crippen molar-refractivity contribution in [3.05, 3.63) is 72.4 Å². The van der Waals surface area contributed by atoms with E-state index in [0.29, 0.717) is 12.1 Å². The quantitative estimate of drug-likeness (QED) is 0.718. The van der Waals surface area contributed by atoms with Crippen LogP contribution in [-0.2, 0) is 6.54 Å². The van der Waals surface area contributed by atoms with Gasteiger partial charge in [-0.2, -0.15) is 5.10 Å². The molecule has 4 heteroatoms. The molecule has 3 aromatic rings. The third-order valence-corrected chi connectivity index (χ3v) is 2.88. The van der Waals surface area contributed by atoms with Crippen LogP contribution < -0.4 is 0 Å². The second-order valence-corrected chi connectivity index (χ2v) is 4.23. The lowest BCUT2D eigenvalue weighted by Gasteiger charge is -2.02. The Morgan fingerprint density at radius 2 is 1.89 bits per heavy atom. The highest BCUT2D eigenvalue weighted by Gasteiger charge is 2.05. The lowest BCUT2D eigenvalue weighted by atomic mass is 10.2. The molecule has 2 aromatic heterocycles. The summed E-state index contributed by atoms with van der Waals surface area (Å²) in [5, 5.41) is 4.24. The molecule has 2 heterocycles. The molecule has 0 atom stereocenters. The molecule has 1 aromatic carbocycles. The van der Waals surface area contributed by atoms with E-state index in [2.05, 4.69) is 10.1 Å². The van der Waals surface area contributed by atoms with Gasteiger partial charge in [0.1, 0.15) is 5.82 Å². The van der Waals surface area contributed by atoms with Crippen LogP contribution in [0.1, 0.15) is 5.56 Å². The Morgan fingerprint density at radius 3 is 2.68 bits per heavy atom. The van der Waals surface area contributed by atoms with E-state index in [1.54, 1.807) is 29.2 Å². The highest BCUT2D eigenvalue weighted by molar-refractivity contribution is 5.56. The lowest BCUT2D eigenvalue weighted by Crippen LogP contribution is -2.01. The van der Waals surface area contributed by atoms with Crippen molar-refractivity contribution < 1.29 is 4.39 Å². The van der Waals surface area contributed by atoms with Crippen LogP contribution in [0.4, 0.5) is 4.39 Å². The van der Waals surface area contributed by atoms with Crippen molar-refractivity contribution in [3.8, 4) is 11.3 Å². The molecule has 0 aliphatic carbocycles. The normalized spacial score (nSPS) is 10.6. The van der Waals surface area contributed by atoms with Crippen molar-refractivity contribution in [2.24, 2.45) is 0 Å². The maximum absolute atomic E-state index is 13.6. The van der Waals surface area contributed by atoms with Gasteiger partial charge in [-0.15, -0.1) is 0 Å². The summed E-state index contributed by atoms with van der Waals surface area (Å²) >= 11 is 0. The van der Waals surface area contributed by atoms with E-state index < -0.39 is 0 Å². The first-order valence-electron chi connectivity index (χ1n) is 6.00. The van der Waals surface area contributed by atoms with E-state index in [0.717, 1.165) is 11.3 Å². The first-order valence-corrected chi connectivity index (χ1v) is 6.00. The van der Waals surface area contributed by atoms with Gasteiger partial charge in [-0.25, -0.2) is 4.39 Å². The molecule has 0 saturated heterocycles.